The lowest BCUT2D eigenvalue weighted by atomic mass is 9.96. The molecule has 4 rings (SSSR count). The fraction of sp³-hybridized carbons (Fsp3) is 0.263. The van der Waals surface area contributed by atoms with E-state index in [1.807, 2.05) is 35.0 Å². The molecule has 0 unspecified atom stereocenters. The molecule has 0 aliphatic heterocycles. The molecular formula is C19H16BrN3OS. The minimum absolute atomic E-state index is 0.104. The van der Waals surface area contributed by atoms with Crippen LogP contribution < -0.4 is 5.32 Å². The Hall–Kier alpha value is -2.10. The van der Waals surface area contributed by atoms with Crippen LogP contribution in [0.1, 0.15) is 28.8 Å². The second kappa shape index (κ2) is 6.66. The average molecular weight is 414 g/mol. The minimum atomic E-state index is -0.104. The zero-order valence-corrected chi connectivity index (χ0v) is 15.9. The van der Waals surface area contributed by atoms with Crippen molar-refractivity contribution in [1.82, 2.24) is 4.57 Å². The van der Waals surface area contributed by atoms with Crippen LogP contribution >= 0.6 is 27.3 Å². The monoisotopic (exact) mass is 413 g/mol. The average Bonchev–Trinajstić information content (AvgIpc) is 3.16. The van der Waals surface area contributed by atoms with Crippen LogP contribution in [-0.2, 0) is 24.2 Å². The van der Waals surface area contributed by atoms with Crippen LogP contribution in [-0.4, -0.2) is 10.5 Å². The van der Waals surface area contributed by atoms with Gasteiger partial charge in [0.1, 0.15) is 17.6 Å². The van der Waals surface area contributed by atoms with Gasteiger partial charge in [-0.1, -0.05) is 22.0 Å². The van der Waals surface area contributed by atoms with Gasteiger partial charge in [-0.15, -0.1) is 11.3 Å². The van der Waals surface area contributed by atoms with Crippen LogP contribution in [0.3, 0.4) is 0 Å². The molecule has 4 nitrogen and oxygen atoms in total. The van der Waals surface area contributed by atoms with Crippen LogP contribution in [0.5, 0.6) is 0 Å². The van der Waals surface area contributed by atoms with Crippen molar-refractivity contribution >= 4 is 49.1 Å². The molecule has 1 amide bonds. The summed E-state index contributed by atoms with van der Waals surface area (Å²) in [4.78, 5) is 13.8. The number of rotatable bonds is 3. The molecule has 2 heterocycles. The Kier molecular flexibility index (Phi) is 4.36. The number of halogens is 1. The summed E-state index contributed by atoms with van der Waals surface area (Å²) >= 11 is 5.10. The van der Waals surface area contributed by atoms with Gasteiger partial charge in [0.25, 0.3) is 0 Å². The quantitative estimate of drug-likeness (QED) is 0.666. The maximum atomic E-state index is 12.5. The van der Waals surface area contributed by atoms with Gasteiger partial charge in [0.15, 0.2) is 0 Å². The van der Waals surface area contributed by atoms with Gasteiger partial charge in [-0.3, -0.25) is 4.79 Å². The highest BCUT2D eigenvalue weighted by atomic mass is 79.9. The Balaban J connectivity index is 1.57. The molecule has 1 aliphatic carbocycles. The molecule has 0 saturated heterocycles. The molecule has 6 heteroatoms. The molecular weight excluding hydrogens is 398 g/mol. The molecule has 1 N–H and O–H groups in total. The first-order valence-electron chi connectivity index (χ1n) is 8.25. The Bertz CT molecular complexity index is 1010. The van der Waals surface area contributed by atoms with E-state index in [-0.39, 0.29) is 12.5 Å². The maximum absolute atomic E-state index is 12.5. The third-order valence-corrected chi connectivity index (χ3v) is 6.51. The molecule has 1 aromatic carbocycles. The topological polar surface area (TPSA) is 57.8 Å². The van der Waals surface area contributed by atoms with E-state index < -0.39 is 0 Å². The highest BCUT2D eigenvalue weighted by Gasteiger charge is 2.21. The van der Waals surface area contributed by atoms with E-state index in [1.165, 1.54) is 4.88 Å². The summed E-state index contributed by atoms with van der Waals surface area (Å²) in [5.41, 5.74) is 2.81. The second-order valence-electron chi connectivity index (χ2n) is 6.19. The predicted molar refractivity (Wildman–Crippen MR) is 104 cm³/mol. The Morgan fingerprint density at radius 1 is 1.32 bits per heavy atom. The summed E-state index contributed by atoms with van der Waals surface area (Å²) in [5, 5.41) is 14.2. The number of nitrogens with zero attached hydrogens (tertiary/aromatic N) is 2. The molecule has 126 valence electrons. The molecule has 0 radical (unpaired) electrons. The number of benzene rings is 1. The molecule has 0 atom stereocenters. The van der Waals surface area contributed by atoms with Gasteiger partial charge >= 0.3 is 0 Å². The van der Waals surface area contributed by atoms with Crippen LogP contribution in [0.25, 0.3) is 10.9 Å². The van der Waals surface area contributed by atoms with E-state index in [1.54, 1.807) is 11.3 Å². The fourth-order valence-corrected chi connectivity index (χ4v) is 5.16. The third-order valence-electron chi connectivity index (χ3n) is 4.61. The number of fused-ring (bicyclic) bond motifs is 2. The lowest BCUT2D eigenvalue weighted by Gasteiger charge is -2.09. The van der Waals surface area contributed by atoms with Gasteiger partial charge in [-0.25, -0.2) is 0 Å². The van der Waals surface area contributed by atoms with Crippen molar-refractivity contribution in [1.29, 1.82) is 5.26 Å². The van der Waals surface area contributed by atoms with Crippen LogP contribution in [0, 0.1) is 11.3 Å². The molecule has 1 aliphatic rings. The SMILES string of the molecule is N#Cc1c(NC(=O)Cn2ccc3c(Br)cccc32)sc2c1CCCC2. The fourth-order valence-electron chi connectivity index (χ4n) is 3.42. The summed E-state index contributed by atoms with van der Waals surface area (Å²) < 4.78 is 2.94. The van der Waals surface area contributed by atoms with Gasteiger partial charge < -0.3 is 9.88 Å². The minimum Gasteiger partial charge on any atom is -0.338 e. The van der Waals surface area contributed by atoms with Crippen molar-refractivity contribution in [3.8, 4) is 6.07 Å². The number of amides is 1. The van der Waals surface area contributed by atoms with Gasteiger partial charge in [-0.05, 0) is 49.4 Å². The van der Waals surface area contributed by atoms with Crippen molar-refractivity contribution in [2.75, 3.05) is 5.32 Å². The van der Waals surface area contributed by atoms with E-state index >= 15 is 0 Å². The number of carbonyl (C=O) groups excluding carboxylic acids is 1. The smallest absolute Gasteiger partial charge is 0.244 e. The van der Waals surface area contributed by atoms with Crippen molar-refractivity contribution in [3.63, 3.8) is 0 Å². The van der Waals surface area contributed by atoms with Crippen molar-refractivity contribution in [2.24, 2.45) is 0 Å². The predicted octanol–water partition coefficient (Wildman–Crippen LogP) is 4.85. The molecule has 3 aromatic rings. The first-order chi connectivity index (χ1) is 12.2. The summed E-state index contributed by atoms with van der Waals surface area (Å²) in [5.74, 6) is -0.104. The number of nitrogens with one attached hydrogen (secondary N) is 1. The molecule has 0 bridgehead atoms. The highest BCUT2D eigenvalue weighted by molar-refractivity contribution is 9.10. The number of aryl methyl sites for hydroxylation is 1. The van der Waals surface area contributed by atoms with Gasteiger partial charge in [-0.2, -0.15) is 5.26 Å². The lowest BCUT2D eigenvalue weighted by Crippen LogP contribution is -2.18. The summed E-state index contributed by atoms with van der Waals surface area (Å²) in [6, 6.07) is 10.2. The van der Waals surface area contributed by atoms with E-state index in [9.17, 15) is 10.1 Å². The largest absolute Gasteiger partial charge is 0.338 e. The van der Waals surface area contributed by atoms with Crippen molar-refractivity contribution in [3.05, 3.63) is 50.9 Å². The maximum Gasteiger partial charge on any atom is 0.244 e. The number of nitriles is 1. The molecule has 0 saturated carbocycles. The van der Waals surface area contributed by atoms with E-state index in [0.717, 1.165) is 46.6 Å². The van der Waals surface area contributed by atoms with Gasteiger partial charge in [0, 0.05) is 26.4 Å². The summed E-state index contributed by atoms with van der Waals surface area (Å²) in [7, 11) is 0. The van der Waals surface area contributed by atoms with E-state index in [4.69, 9.17) is 0 Å². The Morgan fingerprint density at radius 3 is 3.00 bits per heavy atom. The number of anilines is 1. The Morgan fingerprint density at radius 2 is 2.16 bits per heavy atom. The third kappa shape index (κ3) is 2.99. The zero-order chi connectivity index (χ0) is 17.4. The van der Waals surface area contributed by atoms with Crippen LogP contribution in [0.4, 0.5) is 5.00 Å². The number of aromatic nitrogens is 1. The van der Waals surface area contributed by atoms with E-state index in [2.05, 4.69) is 27.3 Å². The molecule has 2 aromatic heterocycles. The number of hydrogen-bond donors (Lipinski definition) is 1. The van der Waals surface area contributed by atoms with Crippen molar-refractivity contribution in [2.45, 2.75) is 32.2 Å². The van der Waals surface area contributed by atoms with Crippen LogP contribution in [0.15, 0.2) is 34.9 Å². The molecule has 25 heavy (non-hydrogen) atoms. The lowest BCUT2D eigenvalue weighted by molar-refractivity contribution is -0.116. The van der Waals surface area contributed by atoms with Gasteiger partial charge in [0.05, 0.1) is 5.56 Å². The van der Waals surface area contributed by atoms with Crippen LogP contribution in [0.2, 0.25) is 0 Å². The van der Waals surface area contributed by atoms with Crippen molar-refractivity contribution < 1.29 is 4.79 Å². The van der Waals surface area contributed by atoms with E-state index in [0.29, 0.717) is 10.6 Å². The summed E-state index contributed by atoms with van der Waals surface area (Å²) in [6.45, 7) is 0.230. The first-order valence-corrected chi connectivity index (χ1v) is 9.86. The highest BCUT2D eigenvalue weighted by Crippen LogP contribution is 2.37. The number of thiophene rings is 1. The summed E-state index contributed by atoms with van der Waals surface area (Å²) in [6.07, 6.45) is 6.16. The standard InChI is InChI=1S/C19H16BrN3OS/c20-15-5-3-6-16-13(15)8-9-23(16)11-18(24)22-19-14(10-21)12-4-1-2-7-17(12)25-19/h3,5-6,8-9H,1-2,4,7,11H2,(H,22,24). The normalized spacial score (nSPS) is 13.4. The second-order valence-corrected chi connectivity index (χ2v) is 8.15. The zero-order valence-electron chi connectivity index (χ0n) is 13.5. The number of carbonyl (C=O) groups is 1. The number of hydrogen-bond acceptors (Lipinski definition) is 3. The van der Waals surface area contributed by atoms with Gasteiger partial charge in [0.2, 0.25) is 5.91 Å². The first kappa shape index (κ1) is 16.4. The Labute approximate surface area is 158 Å². The molecule has 0 spiro atoms. The molecule has 0 fully saturated rings.